The molecule has 3 atom stereocenters. The van der Waals surface area contributed by atoms with E-state index in [1.165, 1.54) is 167 Å². The molecule has 0 radical (unpaired) electrons. The number of allylic oxidation sites excluding steroid dienone is 2. The Hall–Kier alpha value is -0.910. The Morgan fingerprint density at radius 1 is 0.500 bits per heavy atom. The van der Waals surface area contributed by atoms with Gasteiger partial charge in [-0.3, -0.25) is 4.79 Å². The van der Waals surface area contributed by atoms with E-state index < -0.39 is 18.2 Å². The van der Waals surface area contributed by atoms with Crippen LogP contribution in [-0.2, 0) is 4.79 Å². The monoisotopic (exact) mass is 680 g/mol. The molecule has 5 nitrogen and oxygen atoms in total. The van der Waals surface area contributed by atoms with E-state index >= 15 is 0 Å². The fourth-order valence-corrected chi connectivity index (χ4v) is 6.75. The number of amides is 1. The van der Waals surface area contributed by atoms with Crippen LogP contribution in [-0.4, -0.2) is 46.1 Å². The summed E-state index contributed by atoms with van der Waals surface area (Å²) in [5.41, 5.74) is 0. The summed E-state index contributed by atoms with van der Waals surface area (Å²) in [6.07, 6.45) is 44.7. The molecule has 0 saturated heterocycles. The topological polar surface area (TPSA) is 89.8 Å². The van der Waals surface area contributed by atoms with Crippen molar-refractivity contribution in [3.8, 4) is 0 Å². The number of rotatable bonds is 39. The minimum Gasteiger partial charge on any atom is -0.394 e. The lowest BCUT2D eigenvalue weighted by molar-refractivity contribution is -0.124. The van der Waals surface area contributed by atoms with Crippen LogP contribution in [0.2, 0.25) is 0 Å². The van der Waals surface area contributed by atoms with Crippen molar-refractivity contribution in [3.63, 3.8) is 0 Å². The molecule has 48 heavy (non-hydrogen) atoms. The zero-order chi connectivity index (χ0) is 35.2. The van der Waals surface area contributed by atoms with Crippen molar-refractivity contribution in [1.29, 1.82) is 0 Å². The van der Waals surface area contributed by atoms with Gasteiger partial charge in [-0.25, -0.2) is 0 Å². The SMILES string of the molecule is CCCCCCCCCCCCCCCCCCC/C=C/CCCC(O)C(O)C(CO)NC(=O)CCCCCCCCCCCCCC. The van der Waals surface area contributed by atoms with Crippen LogP contribution in [0.3, 0.4) is 0 Å². The molecule has 0 aromatic rings. The number of carbonyl (C=O) groups excluding carboxylic acids is 1. The van der Waals surface area contributed by atoms with Crippen LogP contribution >= 0.6 is 0 Å². The molecule has 286 valence electrons. The van der Waals surface area contributed by atoms with E-state index in [0.717, 1.165) is 38.5 Å². The van der Waals surface area contributed by atoms with Gasteiger partial charge in [-0.1, -0.05) is 199 Å². The van der Waals surface area contributed by atoms with Crippen molar-refractivity contribution < 1.29 is 20.1 Å². The number of hydrogen-bond donors (Lipinski definition) is 4. The first-order valence-electron chi connectivity index (χ1n) is 21.5. The van der Waals surface area contributed by atoms with E-state index in [0.29, 0.717) is 12.8 Å². The highest BCUT2D eigenvalue weighted by molar-refractivity contribution is 5.76. The van der Waals surface area contributed by atoms with Crippen LogP contribution in [0.1, 0.15) is 232 Å². The molecule has 5 heteroatoms. The average molecular weight is 680 g/mol. The van der Waals surface area contributed by atoms with E-state index in [2.05, 4.69) is 31.3 Å². The van der Waals surface area contributed by atoms with Crippen molar-refractivity contribution in [3.05, 3.63) is 12.2 Å². The quantitative estimate of drug-likeness (QED) is 0.0384. The summed E-state index contributed by atoms with van der Waals surface area (Å²) in [5.74, 6) is -0.153. The second kappa shape index (κ2) is 38.9. The molecular formula is C43H85NO4. The molecule has 0 aliphatic rings. The number of aliphatic hydroxyl groups excluding tert-OH is 3. The summed E-state index contributed by atoms with van der Waals surface area (Å²) in [5, 5.41) is 33.4. The molecule has 0 saturated carbocycles. The third-order valence-corrected chi connectivity index (χ3v) is 10.1. The van der Waals surface area contributed by atoms with Crippen molar-refractivity contribution in [2.75, 3.05) is 6.61 Å². The molecule has 0 aliphatic heterocycles. The van der Waals surface area contributed by atoms with Crippen LogP contribution in [0.5, 0.6) is 0 Å². The van der Waals surface area contributed by atoms with Gasteiger partial charge in [-0.15, -0.1) is 0 Å². The van der Waals surface area contributed by atoms with E-state index in [1.807, 2.05) is 0 Å². The van der Waals surface area contributed by atoms with Crippen LogP contribution in [0.4, 0.5) is 0 Å². The minimum atomic E-state index is -1.15. The fraction of sp³-hybridized carbons (Fsp3) is 0.930. The Labute approximate surface area is 299 Å². The molecule has 0 bridgehead atoms. The smallest absolute Gasteiger partial charge is 0.220 e. The fourth-order valence-electron chi connectivity index (χ4n) is 6.75. The first-order valence-corrected chi connectivity index (χ1v) is 21.5. The van der Waals surface area contributed by atoms with Crippen LogP contribution in [0.15, 0.2) is 12.2 Å². The van der Waals surface area contributed by atoms with E-state index in [1.54, 1.807) is 0 Å². The van der Waals surface area contributed by atoms with Gasteiger partial charge in [0.05, 0.1) is 18.8 Å². The molecule has 0 aromatic heterocycles. The number of hydrogen-bond acceptors (Lipinski definition) is 4. The van der Waals surface area contributed by atoms with Crippen LogP contribution in [0, 0.1) is 0 Å². The molecule has 0 aromatic carbocycles. The van der Waals surface area contributed by atoms with Gasteiger partial charge in [0, 0.05) is 6.42 Å². The summed E-state index contributed by atoms with van der Waals surface area (Å²) in [6, 6.07) is -0.819. The highest BCUT2D eigenvalue weighted by atomic mass is 16.3. The molecular weight excluding hydrogens is 594 g/mol. The Morgan fingerprint density at radius 2 is 0.833 bits per heavy atom. The number of unbranched alkanes of at least 4 members (excludes halogenated alkanes) is 29. The lowest BCUT2D eigenvalue weighted by Crippen LogP contribution is -2.50. The zero-order valence-corrected chi connectivity index (χ0v) is 32.4. The summed E-state index contributed by atoms with van der Waals surface area (Å²) in [4.78, 5) is 12.4. The van der Waals surface area contributed by atoms with Gasteiger partial charge < -0.3 is 20.6 Å². The number of aliphatic hydroxyl groups is 3. The average Bonchev–Trinajstić information content (AvgIpc) is 3.09. The normalized spacial score (nSPS) is 13.7. The molecule has 1 amide bonds. The molecule has 4 N–H and O–H groups in total. The summed E-state index contributed by atoms with van der Waals surface area (Å²) >= 11 is 0. The number of carbonyl (C=O) groups is 1. The Kier molecular flexibility index (Phi) is 38.1. The summed E-state index contributed by atoms with van der Waals surface area (Å²) < 4.78 is 0. The standard InChI is InChI=1S/C43H85NO4/c1-3-5-7-9-11-13-15-17-18-19-20-21-22-23-24-25-26-27-29-31-33-35-37-41(46)43(48)40(39-45)44-42(47)38-36-34-32-30-28-16-14-12-10-8-6-4-2/h29,31,40-41,43,45-46,48H,3-28,30,32-39H2,1-2H3,(H,44,47)/b31-29+. The summed E-state index contributed by atoms with van der Waals surface area (Å²) in [7, 11) is 0. The van der Waals surface area contributed by atoms with Gasteiger partial charge >= 0.3 is 0 Å². The van der Waals surface area contributed by atoms with Gasteiger partial charge in [-0.05, 0) is 38.5 Å². The molecule has 0 rings (SSSR count). The van der Waals surface area contributed by atoms with Gasteiger partial charge in [0.1, 0.15) is 6.10 Å². The van der Waals surface area contributed by atoms with Crippen molar-refractivity contribution in [2.24, 2.45) is 0 Å². The molecule has 0 aliphatic carbocycles. The highest BCUT2D eigenvalue weighted by Gasteiger charge is 2.26. The third-order valence-electron chi connectivity index (χ3n) is 10.1. The third kappa shape index (κ3) is 33.6. The Bertz CT molecular complexity index is 669. The molecule has 3 unspecified atom stereocenters. The van der Waals surface area contributed by atoms with Crippen LogP contribution < -0.4 is 5.32 Å². The lowest BCUT2D eigenvalue weighted by atomic mass is 10.0. The van der Waals surface area contributed by atoms with Gasteiger partial charge in [-0.2, -0.15) is 0 Å². The number of nitrogens with one attached hydrogen (secondary N) is 1. The maximum Gasteiger partial charge on any atom is 0.220 e. The van der Waals surface area contributed by atoms with E-state index in [9.17, 15) is 20.1 Å². The van der Waals surface area contributed by atoms with Crippen molar-refractivity contribution in [2.45, 2.75) is 250 Å². The van der Waals surface area contributed by atoms with E-state index in [-0.39, 0.29) is 12.5 Å². The maximum atomic E-state index is 12.4. The first kappa shape index (κ1) is 47.1. The summed E-state index contributed by atoms with van der Waals surface area (Å²) in [6.45, 7) is 4.17. The molecule has 0 spiro atoms. The first-order chi connectivity index (χ1) is 23.6. The van der Waals surface area contributed by atoms with Gasteiger partial charge in [0.15, 0.2) is 0 Å². The van der Waals surface area contributed by atoms with Crippen molar-refractivity contribution in [1.82, 2.24) is 5.32 Å². The van der Waals surface area contributed by atoms with Crippen molar-refractivity contribution >= 4 is 5.91 Å². The Balaban J connectivity index is 3.62. The molecule has 0 fully saturated rings. The van der Waals surface area contributed by atoms with Crippen LogP contribution in [0.25, 0.3) is 0 Å². The molecule has 0 heterocycles. The highest BCUT2D eigenvalue weighted by Crippen LogP contribution is 2.16. The van der Waals surface area contributed by atoms with E-state index in [4.69, 9.17) is 0 Å². The lowest BCUT2D eigenvalue weighted by Gasteiger charge is -2.26. The predicted octanol–water partition coefficient (Wildman–Crippen LogP) is 12.0. The minimum absolute atomic E-state index is 0.153. The largest absolute Gasteiger partial charge is 0.394 e. The second-order valence-corrected chi connectivity index (χ2v) is 14.9. The van der Waals surface area contributed by atoms with Gasteiger partial charge in [0.2, 0.25) is 5.91 Å². The maximum absolute atomic E-state index is 12.4. The predicted molar refractivity (Wildman–Crippen MR) is 208 cm³/mol. The van der Waals surface area contributed by atoms with Gasteiger partial charge in [0.25, 0.3) is 0 Å². The second-order valence-electron chi connectivity index (χ2n) is 14.9. The zero-order valence-electron chi connectivity index (χ0n) is 32.4. The Morgan fingerprint density at radius 3 is 1.21 bits per heavy atom.